The van der Waals surface area contributed by atoms with Crippen molar-refractivity contribution in [2.24, 2.45) is 7.05 Å². The number of aryl methyl sites for hydroxylation is 2. The maximum absolute atomic E-state index is 5.34. The topological polar surface area (TPSA) is 52.0 Å². The molecule has 1 N–H and O–H groups in total. The first kappa shape index (κ1) is 15.5. The molecule has 0 aliphatic heterocycles. The lowest BCUT2D eigenvalue weighted by atomic mass is 10.0. The summed E-state index contributed by atoms with van der Waals surface area (Å²) >= 11 is 0. The van der Waals surface area contributed by atoms with Crippen LogP contribution in [0.1, 0.15) is 36.3 Å². The van der Waals surface area contributed by atoms with Gasteiger partial charge in [0.05, 0.1) is 7.11 Å². The standard InChI is InChI=1S/C16H24N4O/c1-5-8-17-14(10-16-18-11-19-20(16)3)13-6-7-15(21-4)12(2)9-13/h6-7,9,11,14,17H,5,8,10H2,1-4H3. The van der Waals surface area contributed by atoms with Gasteiger partial charge in [-0.15, -0.1) is 0 Å². The van der Waals surface area contributed by atoms with Gasteiger partial charge in [-0.05, 0) is 37.1 Å². The molecule has 5 nitrogen and oxygen atoms in total. The van der Waals surface area contributed by atoms with Gasteiger partial charge in [-0.25, -0.2) is 4.98 Å². The third-order valence-electron chi connectivity index (χ3n) is 3.65. The molecule has 0 saturated heterocycles. The Hall–Kier alpha value is -1.88. The lowest BCUT2D eigenvalue weighted by Crippen LogP contribution is -2.25. The second kappa shape index (κ2) is 7.22. The van der Waals surface area contributed by atoms with Gasteiger partial charge in [0.25, 0.3) is 0 Å². The lowest BCUT2D eigenvalue weighted by Gasteiger charge is -2.19. The van der Waals surface area contributed by atoms with Crippen molar-refractivity contribution < 1.29 is 4.74 Å². The SMILES string of the molecule is CCCNC(Cc1ncnn1C)c1ccc(OC)c(C)c1. The Morgan fingerprint density at radius 2 is 2.19 bits per heavy atom. The van der Waals surface area contributed by atoms with Gasteiger partial charge in [0.2, 0.25) is 0 Å². The number of ether oxygens (including phenoxy) is 1. The highest BCUT2D eigenvalue weighted by atomic mass is 16.5. The number of benzene rings is 1. The van der Waals surface area contributed by atoms with E-state index in [1.165, 1.54) is 5.56 Å². The molecule has 114 valence electrons. The number of hydrogen-bond acceptors (Lipinski definition) is 4. The molecule has 1 unspecified atom stereocenters. The highest BCUT2D eigenvalue weighted by Crippen LogP contribution is 2.24. The van der Waals surface area contributed by atoms with E-state index in [-0.39, 0.29) is 6.04 Å². The molecule has 0 bridgehead atoms. The van der Waals surface area contributed by atoms with Gasteiger partial charge in [-0.3, -0.25) is 4.68 Å². The summed E-state index contributed by atoms with van der Waals surface area (Å²) in [4.78, 5) is 4.33. The van der Waals surface area contributed by atoms with Crippen LogP contribution in [-0.2, 0) is 13.5 Å². The van der Waals surface area contributed by atoms with E-state index < -0.39 is 0 Å². The number of rotatable bonds is 7. The summed E-state index contributed by atoms with van der Waals surface area (Å²) < 4.78 is 7.17. The van der Waals surface area contributed by atoms with E-state index in [9.17, 15) is 0 Å². The predicted molar refractivity (Wildman–Crippen MR) is 83.5 cm³/mol. The van der Waals surface area contributed by atoms with Crippen LogP contribution in [-0.4, -0.2) is 28.4 Å². The molecule has 1 aromatic heterocycles. The maximum atomic E-state index is 5.34. The van der Waals surface area contributed by atoms with Gasteiger partial charge in [0, 0.05) is 19.5 Å². The van der Waals surface area contributed by atoms with Crippen LogP contribution in [0.2, 0.25) is 0 Å². The number of hydrogen-bond donors (Lipinski definition) is 1. The molecule has 0 aliphatic rings. The Morgan fingerprint density at radius 3 is 2.76 bits per heavy atom. The zero-order chi connectivity index (χ0) is 15.2. The van der Waals surface area contributed by atoms with Crippen LogP contribution in [0.25, 0.3) is 0 Å². The molecule has 0 radical (unpaired) electrons. The first-order valence-electron chi connectivity index (χ1n) is 7.36. The van der Waals surface area contributed by atoms with Gasteiger partial charge in [-0.2, -0.15) is 5.10 Å². The van der Waals surface area contributed by atoms with Crippen LogP contribution in [0.5, 0.6) is 5.75 Å². The van der Waals surface area contributed by atoms with E-state index >= 15 is 0 Å². The quantitative estimate of drug-likeness (QED) is 0.850. The summed E-state index contributed by atoms with van der Waals surface area (Å²) in [6.45, 7) is 5.22. The highest BCUT2D eigenvalue weighted by molar-refractivity contribution is 5.37. The van der Waals surface area contributed by atoms with Crippen molar-refractivity contribution in [2.75, 3.05) is 13.7 Å². The minimum atomic E-state index is 0.234. The fourth-order valence-electron chi connectivity index (χ4n) is 2.43. The zero-order valence-electron chi connectivity index (χ0n) is 13.3. The molecule has 1 atom stereocenters. The van der Waals surface area contributed by atoms with Crippen molar-refractivity contribution in [2.45, 2.75) is 32.7 Å². The molecule has 1 heterocycles. The largest absolute Gasteiger partial charge is 0.496 e. The summed E-state index contributed by atoms with van der Waals surface area (Å²) in [5.74, 6) is 1.91. The first-order valence-corrected chi connectivity index (χ1v) is 7.36. The molecule has 2 aromatic rings. The van der Waals surface area contributed by atoms with Gasteiger partial charge < -0.3 is 10.1 Å². The number of methoxy groups -OCH3 is 1. The average molecular weight is 288 g/mol. The molecule has 1 aromatic carbocycles. The molecular formula is C16H24N4O. The van der Waals surface area contributed by atoms with Crippen molar-refractivity contribution in [3.05, 3.63) is 41.5 Å². The van der Waals surface area contributed by atoms with Gasteiger partial charge in [0.15, 0.2) is 0 Å². The van der Waals surface area contributed by atoms with E-state index in [1.54, 1.807) is 13.4 Å². The predicted octanol–water partition coefficient (Wildman–Crippen LogP) is 2.42. The van der Waals surface area contributed by atoms with Crippen LogP contribution in [0, 0.1) is 6.92 Å². The second-order valence-corrected chi connectivity index (χ2v) is 5.24. The maximum Gasteiger partial charge on any atom is 0.138 e. The Morgan fingerprint density at radius 1 is 1.38 bits per heavy atom. The van der Waals surface area contributed by atoms with E-state index in [0.717, 1.165) is 36.5 Å². The van der Waals surface area contributed by atoms with E-state index in [1.807, 2.05) is 17.8 Å². The van der Waals surface area contributed by atoms with Crippen LogP contribution in [0.4, 0.5) is 0 Å². The molecule has 0 amide bonds. The van der Waals surface area contributed by atoms with Crippen LogP contribution >= 0.6 is 0 Å². The van der Waals surface area contributed by atoms with Crippen LogP contribution in [0.3, 0.4) is 0 Å². The summed E-state index contributed by atoms with van der Waals surface area (Å²) in [5.41, 5.74) is 2.40. The molecule has 21 heavy (non-hydrogen) atoms. The van der Waals surface area contributed by atoms with Crippen molar-refractivity contribution in [1.82, 2.24) is 20.1 Å². The molecule has 0 fully saturated rings. The smallest absolute Gasteiger partial charge is 0.138 e. The average Bonchev–Trinajstić information content (AvgIpc) is 2.88. The fraction of sp³-hybridized carbons (Fsp3) is 0.500. The van der Waals surface area contributed by atoms with Gasteiger partial charge in [-0.1, -0.05) is 19.1 Å². The Labute approximate surface area is 126 Å². The number of nitrogens with zero attached hydrogens (tertiary/aromatic N) is 3. The summed E-state index contributed by atoms with van der Waals surface area (Å²) in [6, 6.07) is 6.57. The third-order valence-corrected chi connectivity index (χ3v) is 3.65. The summed E-state index contributed by atoms with van der Waals surface area (Å²) in [5, 5.41) is 7.74. The molecule has 0 aliphatic carbocycles. The normalized spacial score (nSPS) is 12.4. The number of nitrogens with one attached hydrogen (secondary N) is 1. The Bertz CT molecular complexity index is 579. The summed E-state index contributed by atoms with van der Waals surface area (Å²) in [7, 11) is 3.63. The monoisotopic (exact) mass is 288 g/mol. The minimum absolute atomic E-state index is 0.234. The van der Waals surface area contributed by atoms with Crippen molar-refractivity contribution in [3.8, 4) is 5.75 Å². The van der Waals surface area contributed by atoms with Crippen LogP contribution in [0.15, 0.2) is 24.5 Å². The molecule has 5 heteroatoms. The lowest BCUT2D eigenvalue weighted by molar-refractivity contribution is 0.411. The van der Waals surface area contributed by atoms with Crippen molar-refractivity contribution in [1.29, 1.82) is 0 Å². The highest BCUT2D eigenvalue weighted by Gasteiger charge is 2.15. The van der Waals surface area contributed by atoms with E-state index in [4.69, 9.17) is 4.74 Å². The number of aromatic nitrogens is 3. The van der Waals surface area contributed by atoms with E-state index in [2.05, 4.69) is 41.4 Å². The van der Waals surface area contributed by atoms with Gasteiger partial charge in [0.1, 0.15) is 17.9 Å². The minimum Gasteiger partial charge on any atom is -0.496 e. The Balaban J connectivity index is 2.22. The second-order valence-electron chi connectivity index (χ2n) is 5.24. The molecule has 0 spiro atoms. The molecular weight excluding hydrogens is 264 g/mol. The molecule has 0 saturated carbocycles. The van der Waals surface area contributed by atoms with Crippen LogP contribution < -0.4 is 10.1 Å². The van der Waals surface area contributed by atoms with Crippen molar-refractivity contribution >= 4 is 0 Å². The molecule has 2 rings (SSSR count). The summed E-state index contributed by atoms with van der Waals surface area (Å²) in [6.07, 6.45) is 3.53. The van der Waals surface area contributed by atoms with Gasteiger partial charge >= 0.3 is 0 Å². The van der Waals surface area contributed by atoms with Crippen molar-refractivity contribution in [3.63, 3.8) is 0 Å². The van der Waals surface area contributed by atoms with E-state index in [0.29, 0.717) is 0 Å². The third kappa shape index (κ3) is 3.82. The zero-order valence-corrected chi connectivity index (χ0v) is 13.3. The first-order chi connectivity index (χ1) is 10.2. The fourth-order valence-corrected chi connectivity index (χ4v) is 2.43. The Kier molecular flexibility index (Phi) is 5.33.